The number of hydrogen-bond donors (Lipinski definition) is 2. The Kier molecular flexibility index (Phi) is 5.25. The Labute approximate surface area is 127 Å². The van der Waals surface area contributed by atoms with Crippen molar-refractivity contribution in [1.29, 1.82) is 0 Å². The van der Waals surface area contributed by atoms with Crippen LogP contribution in [-0.2, 0) is 9.59 Å². The van der Waals surface area contributed by atoms with Gasteiger partial charge in [-0.15, -0.1) is 0 Å². The van der Waals surface area contributed by atoms with Crippen molar-refractivity contribution >= 4 is 11.8 Å². The third-order valence-corrected chi connectivity index (χ3v) is 4.64. The van der Waals surface area contributed by atoms with E-state index in [4.69, 9.17) is 0 Å². The van der Waals surface area contributed by atoms with Gasteiger partial charge < -0.3 is 15.3 Å². The van der Waals surface area contributed by atoms with Crippen molar-refractivity contribution in [1.82, 2.24) is 10.2 Å². The highest BCUT2D eigenvalue weighted by atomic mass is 16.3. The van der Waals surface area contributed by atoms with Gasteiger partial charge >= 0.3 is 0 Å². The summed E-state index contributed by atoms with van der Waals surface area (Å²) in [5.74, 6) is 0.275. The van der Waals surface area contributed by atoms with E-state index in [9.17, 15) is 14.7 Å². The van der Waals surface area contributed by atoms with Crippen molar-refractivity contribution in [3.05, 3.63) is 0 Å². The molecule has 2 N–H and O–H groups in total. The molecule has 1 saturated carbocycles. The lowest BCUT2D eigenvalue weighted by Crippen LogP contribution is -2.56. The van der Waals surface area contributed by atoms with E-state index in [2.05, 4.69) is 19.2 Å². The van der Waals surface area contributed by atoms with Crippen LogP contribution in [-0.4, -0.2) is 46.6 Å². The summed E-state index contributed by atoms with van der Waals surface area (Å²) in [5, 5.41) is 12.7. The molecule has 0 bridgehead atoms. The van der Waals surface area contributed by atoms with Gasteiger partial charge in [-0.2, -0.15) is 0 Å². The number of carbonyl (C=O) groups is 2. The molecule has 0 aromatic rings. The van der Waals surface area contributed by atoms with E-state index >= 15 is 0 Å². The number of rotatable bonds is 4. The smallest absolute Gasteiger partial charge is 0.248 e. The minimum Gasteiger partial charge on any atom is -0.391 e. The molecule has 21 heavy (non-hydrogen) atoms. The summed E-state index contributed by atoms with van der Waals surface area (Å²) in [7, 11) is 0. The molecule has 2 amide bonds. The molecule has 120 valence electrons. The number of carbonyl (C=O) groups excluding carboxylic acids is 2. The molecule has 0 radical (unpaired) electrons. The molecule has 5 heteroatoms. The standard InChI is InChI=1S/C16H28N2O3/c1-10-5-4-6-11(2)18(9-10)16(21)14(12(3)19)17-15(20)13-7-8-13/h10-14,19H,4-9H2,1-3H3,(H,17,20). The molecule has 0 spiro atoms. The lowest BCUT2D eigenvalue weighted by molar-refractivity contribution is -0.141. The highest BCUT2D eigenvalue weighted by Crippen LogP contribution is 2.29. The molecule has 1 aliphatic carbocycles. The zero-order valence-electron chi connectivity index (χ0n) is 13.3. The number of aliphatic hydroxyl groups is 1. The molecular weight excluding hydrogens is 268 g/mol. The molecule has 1 aliphatic heterocycles. The van der Waals surface area contributed by atoms with Gasteiger partial charge in [0.15, 0.2) is 0 Å². The van der Waals surface area contributed by atoms with Gasteiger partial charge in [0.2, 0.25) is 11.8 Å². The summed E-state index contributed by atoms with van der Waals surface area (Å²) < 4.78 is 0. The van der Waals surface area contributed by atoms with E-state index in [-0.39, 0.29) is 23.8 Å². The molecular formula is C16H28N2O3. The van der Waals surface area contributed by atoms with Gasteiger partial charge in [-0.05, 0) is 45.4 Å². The van der Waals surface area contributed by atoms with Gasteiger partial charge in [-0.1, -0.05) is 13.3 Å². The van der Waals surface area contributed by atoms with Crippen LogP contribution in [0.4, 0.5) is 0 Å². The number of nitrogens with zero attached hydrogens (tertiary/aromatic N) is 1. The largest absolute Gasteiger partial charge is 0.391 e. The topological polar surface area (TPSA) is 69.6 Å². The molecule has 4 atom stereocenters. The Bertz CT molecular complexity index is 393. The Morgan fingerprint density at radius 3 is 2.43 bits per heavy atom. The van der Waals surface area contributed by atoms with Crippen molar-refractivity contribution in [2.45, 2.75) is 71.1 Å². The van der Waals surface area contributed by atoms with Crippen LogP contribution in [0.3, 0.4) is 0 Å². The monoisotopic (exact) mass is 296 g/mol. The summed E-state index contributed by atoms with van der Waals surface area (Å²) in [6.45, 7) is 6.49. The summed E-state index contributed by atoms with van der Waals surface area (Å²) in [6.07, 6.45) is 4.15. The van der Waals surface area contributed by atoms with Gasteiger partial charge in [0, 0.05) is 18.5 Å². The van der Waals surface area contributed by atoms with Gasteiger partial charge in [0.1, 0.15) is 6.04 Å². The second-order valence-electron chi connectivity index (χ2n) is 6.88. The van der Waals surface area contributed by atoms with Crippen LogP contribution in [0.2, 0.25) is 0 Å². The fourth-order valence-electron chi connectivity index (χ4n) is 3.02. The third kappa shape index (κ3) is 4.19. The Hall–Kier alpha value is -1.10. The van der Waals surface area contributed by atoms with Crippen molar-refractivity contribution in [2.24, 2.45) is 11.8 Å². The van der Waals surface area contributed by atoms with Crippen molar-refractivity contribution < 1.29 is 14.7 Å². The number of likely N-dealkylation sites (tertiary alicyclic amines) is 1. The maximum atomic E-state index is 12.8. The molecule has 0 aromatic carbocycles. The highest BCUT2D eigenvalue weighted by molar-refractivity contribution is 5.90. The number of aliphatic hydroxyl groups excluding tert-OH is 1. The first kappa shape index (κ1) is 16.3. The lowest BCUT2D eigenvalue weighted by Gasteiger charge is -2.33. The fraction of sp³-hybridized carbons (Fsp3) is 0.875. The number of hydrogen-bond acceptors (Lipinski definition) is 3. The zero-order chi connectivity index (χ0) is 15.6. The van der Waals surface area contributed by atoms with Gasteiger partial charge in [0.25, 0.3) is 0 Å². The number of nitrogens with one attached hydrogen (secondary N) is 1. The van der Waals surface area contributed by atoms with Crippen molar-refractivity contribution in [3.63, 3.8) is 0 Å². The van der Waals surface area contributed by atoms with Crippen molar-refractivity contribution in [2.75, 3.05) is 6.54 Å². The summed E-state index contributed by atoms with van der Waals surface area (Å²) in [6, 6.07) is -0.646. The van der Waals surface area contributed by atoms with E-state index in [1.807, 2.05) is 4.90 Å². The van der Waals surface area contributed by atoms with Crippen LogP contribution in [0.1, 0.15) is 52.9 Å². The van der Waals surface area contributed by atoms with Crippen LogP contribution in [0.5, 0.6) is 0 Å². The van der Waals surface area contributed by atoms with Crippen LogP contribution in [0, 0.1) is 11.8 Å². The van der Waals surface area contributed by atoms with Gasteiger partial charge in [0.05, 0.1) is 6.10 Å². The molecule has 2 fully saturated rings. The van der Waals surface area contributed by atoms with E-state index < -0.39 is 12.1 Å². The van der Waals surface area contributed by atoms with Crippen LogP contribution in [0.15, 0.2) is 0 Å². The van der Waals surface area contributed by atoms with Crippen LogP contribution < -0.4 is 5.32 Å². The maximum Gasteiger partial charge on any atom is 0.248 e. The van der Waals surface area contributed by atoms with Gasteiger partial charge in [-0.3, -0.25) is 9.59 Å². The van der Waals surface area contributed by atoms with Crippen LogP contribution in [0.25, 0.3) is 0 Å². The predicted molar refractivity (Wildman–Crippen MR) is 80.5 cm³/mol. The maximum absolute atomic E-state index is 12.8. The molecule has 1 heterocycles. The second kappa shape index (κ2) is 6.77. The Morgan fingerprint density at radius 1 is 1.19 bits per heavy atom. The zero-order valence-corrected chi connectivity index (χ0v) is 13.3. The predicted octanol–water partition coefficient (Wildman–Crippen LogP) is 1.30. The van der Waals surface area contributed by atoms with E-state index in [0.29, 0.717) is 12.5 Å². The average Bonchev–Trinajstić information content (AvgIpc) is 3.24. The fourth-order valence-corrected chi connectivity index (χ4v) is 3.02. The molecule has 0 aromatic heterocycles. The summed E-state index contributed by atoms with van der Waals surface area (Å²) in [4.78, 5) is 26.6. The minimum absolute atomic E-state index is 0.0412. The highest BCUT2D eigenvalue weighted by Gasteiger charge is 2.37. The minimum atomic E-state index is -0.869. The molecule has 2 aliphatic rings. The second-order valence-corrected chi connectivity index (χ2v) is 6.88. The van der Waals surface area contributed by atoms with E-state index in [0.717, 1.165) is 32.1 Å². The normalized spacial score (nSPS) is 29.4. The summed E-state index contributed by atoms with van der Waals surface area (Å²) >= 11 is 0. The molecule has 1 saturated heterocycles. The Morgan fingerprint density at radius 2 is 1.86 bits per heavy atom. The average molecular weight is 296 g/mol. The third-order valence-electron chi connectivity index (χ3n) is 4.64. The first-order valence-corrected chi connectivity index (χ1v) is 8.19. The molecule has 5 nitrogen and oxygen atoms in total. The van der Waals surface area contributed by atoms with Crippen LogP contribution >= 0.6 is 0 Å². The SMILES string of the molecule is CC1CCCC(C)N(C(=O)C(NC(=O)C2CC2)C(C)O)C1. The first-order valence-electron chi connectivity index (χ1n) is 8.19. The molecule has 2 rings (SSSR count). The van der Waals surface area contributed by atoms with E-state index in [1.54, 1.807) is 6.92 Å². The van der Waals surface area contributed by atoms with Gasteiger partial charge in [-0.25, -0.2) is 0 Å². The Balaban J connectivity index is 2.06. The number of amides is 2. The summed E-state index contributed by atoms with van der Waals surface area (Å²) in [5.41, 5.74) is 0. The first-order chi connectivity index (χ1) is 9.90. The van der Waals surface area contributed by atoms with Crippen molar-refractivity contribution in [3.8, 4) is 0 Å². The lowest BCUT2D eigenvalue weighted by atomic mass is 10.1. The quantitative estimate of drug-likeness (QED) is 0.821. The van der Waals surface area contributed by atoms with E-state index in [1.165, 1.54) is 0 Å². The molecule has 4 unspecified atom stereocenters.